The average molecular weight is 356 g/mol. The molecule has 0 aliphatic carbocycles. The van der Waals surface area contributed by atoms with Gasteiger partial charge in [-0.25, -0.2) is 4.39 Å². The third-order valence-electron chi connectivity index (χ3n) is 4.36. The zero-order chi connectivity index (χ0) is 18.5. The van der Waals surface area contributed by atoms with E-state index in [-0.39, 0.29) is 17.0 Å². The first-order chi connectivity index (χ1) is 12.5. The van der Waals surface area contributed by atoms with Crippen LogP contribution in [0, 0.1) is 12.7 Å². The fourth-order valence-corrected chi connectivity index (χ4v) is 2.83. The number of aryl methyl sites for hydroxylation is 2. The molecule has 0 amide bonds. The quantitative estimate of drug-likeness (QED) is 0.660. The number of rotatable bonds is 7. The second-order valence-corrected chi connectivity index (χ2v) is 6.25. The highest BCUT2D eigenvalue weighted by atomic mass is 19.1. The highest BCUT2D eigenvalue weighted by molar-refractivity contribution is 5.57. The van der Waals surface area contributed by atoms with Gasteiger partial charge in [0.25, 0.3) is 0 Å². The van der Waals surface area contributed by atoms with Gasteiger partial charge in [-0.15, -0.1) is 5.10 Å². The number of halogens is 1. The predicted octanol–water partition coefficient (Wildman–Crippen LogP) is 3.13. The van der Waals surface area contributed by atoms with Crippen molar-refractivity contribution in [1.82, 2.24) is 19.6 Å². The first-order valence-corrected chi connectivity index (χ1v) is 8.59. The van der Waals surface area contributed by atoms with Crippen LogP contribution in [0.4, 0.5) is 4.39 Å². The molecule has 0 aliphatic heterocycles. The summed E-state index contributed by atoms with van der Waals surface area (Å²) in [6.07, 6.45) is 6.35. The van der Waals surface area contributed by atoms with Gasteiger partial charge >= 0.3 is 0 Å². The predicted molar refractivity (Wildman–Crippen MR) is 96.4 cm³/mol. The minimum atomic E-state index is -0.348. The molecule has 0 unspecified atom stereocenters. The zero-order valence-corrected chi connectivity index (χ0v) is 14.6. The van der Waals surface area contributed by atoms with E-state index in [1.807, 2.05) is 10.8 Å². The molecule has 0 spiro atoms. The number of benzene rings is 1. The van der Waals surface area contributed by atoms with Crippen LogP contribution in [-0.4, -0.2) is 24.7 Å². The summed E-state index contributed by atoms with van der Waals surface area (Å²) in [5, 5.41) is 17.8. The van der Waals surface area contributed by atoms with Gasteiger partial charge in [-0.05, 0) is 38.3 Å². The lowest BCUT2D eigenvalue weighted by molar-refractivity contribution is 0.448. The van der Waals surface area contributed by atoms with Crippen molar-refractivity contribution in [1.29, 1.82) is 0 Å². The molecule has 0 radical (unpaired) electrons. The summed E-state index contributed by atoms with van der Waals surface area (Å²) in [6.45, 7) is 3.21. The van der Waals surface area contributed by atoms with Crippen molar-refractivity contribution in [3.05, 3.63) is 64.5 Å². The third kappa shape index (κ3) is 4.17. The van der Waals surface area contributed by atoms with E-state index in [9.17, 15) is 14.3 Å². The summed E-state index contributed by atoms with van der Waals surface area (Å²) in [5.74, 6) is -0.471. The molecule has 0 bridgehead atoms. The second kappa shape index (κ2) is 7.95. The number of unbranched alkanes of at least 4 members (excludes halogenated alkanes) is 2. The van der Waals surface area contributed by atoms with Crippen LogP contribution in [0.2, 0.25) is 0 Å². The number of aromatic nitrogens is 4. The molecular weight excluding hydrogens is 335 g/mol. The maximum atomic E-state index is 13.3. The molecule has 1 aromatic carbocycles. The molecule has 136 valence electrons. The standard InChI is InChI=1S/C19H21FN4O2/c1-14-19(26)18(25)8-11-23(14)9-3-2-4-10-24-13-17(21-22-24)15-6-5-7-16(20)12-15/h5-8,11-13,26H,2-4,9-10H2,1H3. The summed E-state index contributed by atoms with van der Waals surface area (Å²) in [6, 6.07) is 7.68. The number of nitrogens with zero attached hydrogens (tertiary/aromatic N) is 4. The van der Waals surface area contributed by atoms with E-state index in [2.05, 4.69) is 10.3 Å². The summed E-state index contributed by atoms with van der Waals surface area (Å²) in [5.41, 5.74) is 1.61. The fourth-order valence-electron chi connectivity index (χ4n) is 2.83. The minimum absolute atomic E-state index is 0.181. The summed E-state index contributed by atoms with van der Waals surface area (Å²) < 4.78 is 16.9. The van der Waals surface area contributed by atoms with Crippen LogP contribution in [0.15, 0.2) is 47.5 Å². The second-order valence-electron chi connectivity index (χ2n) is 6.25. The van der Waals surface area contributed by atoms with Crippen LogP contribution >= 0.6 is 0 Å². The summed E-state index contributed by atoms with van der Waals surface area (Å²) in [4.78, 5) is 11.3. The maximum absolute atomic E-state index is 13.3. The van der Waals surface area contributed by atoms with Crippen LogP contribution in [0.1, 0.15) is 25.0 Å². The van der Waals surface area contributed by atoms with Gasteiger partial charge in [-0.1, -0.05) is 17.3 Å². The molecule has 3 aromatic rings. The number of hydrogen-bond donors (Lipinski definition) is 1. The molecule has 2 heterocycles. The average Bonchev–Trinajstić information content (AvgIpc) is 3.10. The number of hydrogen-bond acceptors (Lipinski definition) is 4. The Labute approximate surface area is 150 Å². The van der Waals surface area contributed by atoms with Gasteiger partial charge in [-0.2, -0.15) is 0 Å². The van der Waals surface area contributed by atoms with Gasteiger partial charge in [0.05, 0.1) is 11.9 Å². The van der Waals surface area contributed by atoms with Crippen LogP contribution in [0.5, 0.6) is 5.75 Å². The smallest absolute Gasteiger partial charge is 0.223 e. The SMILES string of the molecule is Cc1c(O)c(=O)ccn1CCCCCn1cc(-c2cccc(F)c2)nn1. The maximum Gasteiger partial charge on any atom is 0.223 e. The van der Waals surface area contributed by atoms with Gasteiger partial charge < -0.3 is 9.67 Å². The van der Waals surface area contributed by atoms with Gasteiger partial charge in [-0.3, -0.25) is 9.48 Å². The van der Waals surface area contributed by atoms with Crippen molar-refractivity contribution in [2.45, 2.75) is 39.3 Å². The molecule has 26 heavy (non-hydrogen) atoms. The number of pyridine rings is 1. The van der Waals surface area contributed by atoms with E-state index < -0.39 is 0 Å². The minimum Gasteiger partial charge on any atom is -0.503 e. The normalized spacial score (nSPS) is 11.0. The van der Waals surface area contributed by atoms with E-state index in [4.69, 9.17) is 0 Å². The Balaban J connectivity index is 1.47. The molecule has 7 heteroatoms. The van der Waals surface area contributed by atoms with Gasteiger partial charge in [0.1, 0.15) is 11.5 Å². The van der Waals surface area contributed by atoms with Gasteiger partial charge in [0.2, 0.25) is 5.43 Å². The van der Waals surface area contributed by atoms with E-state index >= 15 is 0 Å². The van der Waals surface area contributed by atoms with Crippen molar-refractivity contribution < 1.29 is 9.50 Å². The van der Waals surface area contributed by atoms with Crippen molar-refractivity contribution in [3.63, 3.8) is 0 Å². The van der Waals surface area contributed by atoms with E-state index in [1.54, 1.807) is 29.9 Å². The lowest BCUT2D eigenvalue weighted by Gasteiger charge is -2.11. The Hall–Kier alpha value is -2.96. The molecule has 0 saturated heterocycles. The highest BCUT2D eigenvalue weighted by Crippen LogP contribution is 2.17. The van der Waals surface area contributed by atoms with Gasteiger partial charge in [0.15, 0.2) is 5.75 Å². The van der Waals surface area contributed by atoms with Gasteiger partial charge in [0, 0.05) is 30.9 Å². The van der Waals surface area contributed by atoms with Crippen molar-refractivity contribution in [2.75, 3.05) is 0 Å². The monoisotopic (exact) mass is 356 g/mol. The number of aromatic hydroxyl groups is 1. The molecule has 0 saturated carbocycles. The molecule has 0 atom stereocenters. The largest absolute Gasteiger partial charge is 0.503 e. The Bertz CT molecular complexity index is 949. The molecular formula is C19H21FN4O2. The highest BCUT2D eigenvalue weighted by Gasteiger charge is 2.06. The van der Waals surface area contributed by atoms with Crippen molar-refractivity contribution >= 4 is 0 Å². The van der Waals surface area contributed by atoms with Crippen LogP contribution in [-0.2, 0) is 13.1 Å². The third-order valence-corrected chi connectivity index (χ3v) is 4.36. The molecule has 0 fully saturated rings. The fraction of sp³-hybridized carbons (Fsp3) is 0.316. The molecule has 6 nitrogen and oxygen atoms in total. The van der Waals surface area contributed by atoms with E-state index in [0.717, 1.165) is 32.4 Å². The van der Waals surface area contributed by atoms with Crippen molar-refractivity contribution in [2.24, 2.45) is 0 Å². The summed E-state index contributed by atoms with van der Waals surface area (Å²) in [7, 11) is 0. The molecule has 0 aliphatic rings. The lowest BCUT2D eigenvalue weighted by Crippen LogP contribution is -2.10. The topological polar surface area (TPSA) is 72.9 Å². The Morgan fingerprint density at radius 3 is 2.77 bits per heavy atom. The van der Waals surface area contributed by atoms with E-state index in [0.29, 0.717) is 17.0 Å². The van der Waals surface area contributed by atoms with Crippen LogP contribution < -0.4 is 5.43 Å². The Morgan fingerprint density at radius 1 is 1.15 bits per heavy atom. The van der Waals surface area contributed by atoms with Crippen LogP contribution in [0.3, 0.4) is 0 Å². The van der Waals surface area contributed by atoms with E-state index in [1.165, 1.54) is 18.2 Å². The molecule has 1 N–H and O–H groups in total. The zero-order valence-electron chi connectivity index (χ0n) is 14.6. The Kier molecular flexibility index (Phi) is 5.46. The summed E-state index contributed by atoms with van der Waals surface area (Å²) >= 11 is 0. The lowest BCUT2D eigenvalue weighted by atomic mass is 10.2. The Morgan fingerprint density at radius 2 is 1.96 bits per heavy atom. The first kappa shape index (κ1) is 17.8. The molecule has 2 aromatic heterocycles. The molecule has 3 rings (SSSR count). The van der Waals surface area contributed by atoms with Crippen LogP contribution in [0.25, 0.3) is 11.3 Å². The van der Waals surface area contributed by atoms with Crippen molar-refractivity contribution in [3.8, 4) is 17.0 Å². The first-order valence-electron chi connectivity index (χ1n) is 8.59.